The normalized spacial score (nSPS) is 10.3. The SMILES string of the molecule is CCOc1ccc(NCc2ccsc2)cc1CO. The Morgan fingerprint density at radius 2 is 2.22 bits per heavy atom. The maximum atomic E-state index is 9.32. The Bertz CT molecular complexity index is 483. The topological polar surface area (TPSA) is 41.5 Å². The molecule has 0 unspecified atom stereocenters. The zero-order valence-corrected chi connectivity index (χ0v) is 11.2. The molecule has 1 aromatic heterocycles. The maximum absolute atomic E-state index is 9.32. The standard InChI is InChI=1S/C14H17NO2S/c1-2-17-14-4-3-13(7-12(14)9-16)15-8-11-5-6-18-10-11/h3-7,10,15-16H,2,8-9H2,1H3. The van der Waals surface area contributed by atoms with Gasteiger partial charge in [-0.2, -0.15) is 11.3 Å². The predicted molar refractivity (Wildman–Crippen MR) is 75.2 cm³/mol. The van der Waals surface area contributed by atoms with Crippen molar-refractivity contribution in [2.75, 3.05) is 11.9 Å². The molecule has 0 spiro atoms. The minimum Gasteiger partial charge on any atom is -0.494 e. The molecule has 3 nitrogen and oxygen atoms in total. The molecule has 1 aromatic carbocycles. The summed E-state index contributed by atoms with van der Waals surface area (Å²) in [7, 11) is 0. The van der Waals surface area contributed by atoms with Gasteiger partial charge in [0.05, 0.1) is 13.2 Å². The van der Waals surface area contributed by atoms with Crippen LogP contribution in [0.2, 0.25) is 0 Å². The van der Waals surface area contributed by atoms with Crippen molar-refractivity contribution in [3.05, 3.63) is 46.2 Å². The molecular formula is C14H17NO2S. The highest BCUT2D eigenvalue weighted by Gasteiger charge is 2.04. The van der Waals surface area contributed by atoms with Crippen LogP contribution in [-0.2, 0) is 13.2 Å². The molecule has 0 atom stereocenters. The Balaban J connectivity index is 2.05. The summed E-state index contributed by atoms with van der Waals surface area (Å²) in [5.74, 6) is 0.751. The molecule has 18 heavy (non-hydrogen) atoms. The smallest absolute Gasteiger partial charge is 0.124 e. The molecular weight excluding hydrogens is 246 g/mol. The van der Waals surface area contributed by atoms with Crippen LogP contribution in [0.1, 0.15) is 18.1 Å². The van der Waals surface area contributed by atoms with E-state index in [1.165, 1.54) is 5.56 Å². The molecule has 0 bridgehead atoms. The van der Waals surface area contributed by atoms with Gasteiger partial charge in [0.15, 0.2) is 0 Å². The molecule has 0 radical (unpaired) electrons. The van der Waals surface area contributed by atoms with E-state index in [4.69, 9.17) is 4.74 Å². The fourth-order valence-electron chi connectivity index (χ4n) is 1.71. The van der Waals surface area contributed by atoms with Gasteiger partial charge in [0.1, 0.15) is 5.75 Å². The van der Waals surface area contributed by atoms with Crippen molar-refractivity contribution in [1.29, 1.82) is 0 Å². The number of hydrogen-bond acceptors (Lipinski definition) is 4. The first-order chi connectivity index (χ1) is 8.83. The van der Waals surface area contributed by atoms with Gasteiger partial charge in [0.25, 0.3) is 0 Å². The highest BCUT2D eigenvalue weighted by atomic mass is 32.1. The Morgan fingerprint density at radius 1 is 1.33 bits per heavy atom. The van der Waals surface area contributed by atoms with Gasteiger partial charge in [-0.1, -0.05) is 0 Å². The van der Waals surface area contributed by atoms with E-state index in [9.17, 15) is 5.11 Å². The molecule has 0 aliphatic carbocycles. The molecule has 0 saturated heterocycles. The monoisotopic (exact) mass is 263 g/mol. The molecule has 0 amide bonds. The van der Waals surface area contributed by atoms with E-state index in [2.05, 4.69) is 22.1 Å². The summed E-state index contributed by atoms with van der Waals surface area (Å²) in [6, 6.07) is 7.89. The van der Waals surface area contributed by atoms with Crippen LogP contribution >= 0.6 is 11.3 Å². The Morgan fingerprint density at radius 3 is 2.89 bits per heavy atom. The van der Waals surface area contributed by atoms with Gasteiger partial charge < -0.3 is 15.2 Å². The zero-order valence-electron chi connectivity index (χ0n) is 10.3. The van der Waals surface area contributed by atoms with Crippen molar-refractivity contribution in [1.82, 2.24) is 0 Å². The summed E-state index contributed by atoms with van der Waals surface area (Å²) in [5.41, 5.74) is 3.07. The first kappa shape index (κ1) is 12.9. The van der Waals surface area contributed by atoms with E-state index in [0.717, 1.165) is 23.5 Å². The van der Waals surface area contributed by atoms with Crippen LogP contribution < -0.4 is 10.1 Å². The van der Waals surface area contributed by atoms with Crippen molar-refractivity contribution in [3.63, 3.8) is 0 Å². The van der Waals surface area contributed by atoms with Crippen LogP contribution in [0.4, 0.5) is 5.69 Å². The summed E-state index contributed by atoms with van der Waals surface area (Å²) in [5, 5.41) is 16.8. The van der Waals surface area contributed by atoms with Crippen molar-refractivity contribution in [2.45, 2.75) is 20.1 Å². The molecule has 0 saturated carbocycles. The second-order valence-electron chi connectivity index (χ2n) is 3.90. The van der Waals surface area contributed by atoms with E-state index in [1.807, 2.05) is 25.1 Å². The van der Waals surface area contributed by atoms with Gasteiger partial charge in [0.2, 0.25) is 0 Å². The van der Waals surface area contributed by atoms with Crippen molar-refractivity contribution >= 4 is 17.0 Å². The van der Waals surface area contributed by atoms with Crippen molar-refractivity contribution in [2.24, 2.45) is 0 Å². The fourth-order valence-corrected chi connectivity index (χ4v) is 2.38. The van der Waals surface area contributed by atoms with Crippen molar-refractivity contribution < 1.29 is 9.84 Å². The first-order valence-corrected chi connectivity index (χ1v) is 6.89. The van der Waals surface area contributed by atoms with Crippen LogP contribution in [0.5, 0.6) is 5.75 Å². The number of aliphatic hydroxyl groups excluding tert-OH is 1. The number of hydrogen-bond donors (Lipinski definition) is 2. The lowest BCUT2D eigenvalue weighted by Crippen LogP contribution is -2.01. The summed E-state index contributed by atoms with van der Waals surface area (Å²) < 4.78 is 5.45. The number of nitrogens with one attached hydrogen (secondary N) is 1. The average molecular weight is 263 g/mol. The molecule has 96 valence electrons. The third kappa shape index (κ3) is 3.24. The van der Waals surface area contributed by atoms with E-state index in [-0.39, 0.29) is 6.61 Å². The fraction of sp³-hybridized carbons (Fsp3) is 0.286. The highest BCUT2D eigenvalue weighted by Crippen LogP contribution is 2.23. The lowest BCUT2D eigenvalue weighted by atomic mass is 10.2. The molecule has 0 aliphatic heterocycles. The third-order valence-corrected chi connectivity index (χ3v) is 3.34. The summed E-state index contributed by atoms with van der Waals surface area (Å²) in [6.07, 6.45) is 0. The number of aliphatic hydroxyl groups is 1. The van der Waals surface area contributed by atoms with Gasteiger partial charge in [-0.25, -0.2) is 0 Å². The summed E-state index contributed by atoms with van der Waals surface area (Å²) in [6.45, 7) is 3.32. The van der Waals surface area contributed by atoms with Gasteiger partial charge in [-0.05, 0) is 47.5 Å². The second kappa shape index (κ2) is 6.42. The van der Waals surface area contributed by atoms with Crippen molar-refractivity contribution in [3.8, 4) is 5.75 Å². The third-order valence-electron chi connectivity index (χ3n) is 2.61. The summed E-state index contributed by atoms with van der Waals surface area (Å²) >= 11 is 1.69. The number of anilines is 1. The number of benzene rings is 1. The summed E-state index contributed by atoms with van der Waals surface area (Å²) in [4.78, 5) is 0. The highest BCUT2D eigenvalue weighted by molar-refractivity contribution is 7.07. The average Bonchev–Trinajstić information content (AvgIpc) is 2.91. The second-order valence-corrected chi connectivity index (χ2v) is 4.68. The molecule has 1 heterocycles. The Kier molecular flexibility index (Phi) is 4.61. The Labute approximate surface area is 111 Å². The predicted octanol–water partition coefficient (Wildman–Crippen LogP) is 3.25. The quantitative estimate of drug-likeness (QED) is 0.840. The number of thiophene rings is 1. The van der Waals surface area contributed by atoms with E-state index < -0.39 is 0 Å². The van der Waals surface area contributed by atoms with E-state index >= 15 is 0 Å². The van der Waals surface area contributed by atoms with Crippen LogP contribution in [0.25, 0.3) is 0 Å². The Hall–Kier alpha value is -1.52. The van der Waals surface area contributed by atoms with Crippen LogP contribution in [0.3, 0.4) is 0 Å². The minimum absolute atomic E-state index is 0.0106. The largest absolute Gasteiger partial charge is 0.494 e. The van der Waals surface area contributed by atoms with E-state index in [1.54, 1.807) is 11.3 Å². The minimum atomic E-state index is -0.0106. The molecule has 0 fully saturated rings. The van der Waals surface area contributed by atoms with E-state index in [0.29, 0.717) is 6.61 Å². The molecule has 2 N–H and O–H groups in total. The number of rotatable bonds is 6. The van der Waals surface area contributed by atoms with Gasteiger partial charge in [-0.15, -0.1) is 0 Å². The van der Waals surface area contributed by atoms with Crippen LogP contribution in [-0.4, -0.2) is 11.7 Å². The number of ether oxygens (including phenoxy) is 1. The molecule has 4 heteroatoms. The molecule has 0 aliphatic rings. The first-order valence-electron chi connectivity index (χ1n) is 5.95. The van der Waals surface area contributed by atoms with Gasteiger partial charge in [-0.3, -0.25) is 0 Å². The van der Waals surface area contributed by atoms with Crippen LogP contribution in [0, 0.1) is 0 Å². The lowest BCUT2D eigenvalue weighted by Gasteiger charge is -2.11. The van der Waals surface area contributed by atoms with Gasteiger partial charge in [0, 0.05) is 17.8 Å². The molecule has 2 rings (SSSR count). The van der Waals surface area contributed by atoms with Gasteiger partial charge >= 0.3 is 0 Å². The maximum Gasteiger partial charge on any atom is 0.124 e. The molecule has 2 aromatic rings. The zero-order chi connectivity index (χ0) is 12.8. The van der Waals surface area contributed by atoms with Crippen LogP contribution in [0.15, 0.2) is 35.0 Å². The lowest BCUT2D eigenvalue weighted by molar-refractivity contribution is 0.267.